The zero-order valence-electron chi connectivity index (χ0n) is 17.1. The summed E-state index contributed by atoms with van der Waals surface area (Å²) in [5.74, 6) is -2.16. The highest BCUT2D eigenvalue weighted by Gasteiger charge is 2.58. The highest BCUT2D eigenvalue weighted by molar-refractivity contribution is 6.03. The van der Waals surface area contributed by atoms with Crippen molar-refractivity contribution in [3.8, 4) is 0 Å². The van der Waals surface area contributed by atoms with E-state index < -0.39 is 18.0 Å². The van der Waals surface area contributed by atoms with Crippen LogP contribution < -0.4 is 27.0 Å². The van der Waals surface area contributed by atoms with Crippen LogP contribution in [-0.4, -0.2) is 44.7 Å². The Labute approximate surface area is 173 Å². The summed E-state index contributed by atoms with van der Waals surface area (Å²) in [5, 5.41) is 5.89. The third-order valence-electron chi connectivity index (χ3n) is 6.43. The SMILES string of the molecule is CNc1cc(N(C)CC(N)=O)c(C(=O)N[C@@H]2CC23CCC(C(F)(F)F)CC3)cc1N. The van der Waals surface area contributed by atoms with Gasteiger partial charge in [0.25, 0.3) is 5.91 Å². The maximum absolute atomic E-state index is 13.0. The minimum atomic E-state index is -4.15. The van der Waals surface area contributed by atoms with E-state index >= 15 is 0 Å². The van der Waals surface area contributed by atoms with Crippen LogP contribution in [-0.2, 0) is 4.79 Å². The molecule has 0 aromatic heterocycles. The predicted molar refractivity (Wildman–Crippen MR) is 109 cm³/mol. The van der Waals surface area contributed by atoms with E-state index in [4.69, 9.17) is 11.5 Å². The van der Waals surface area contributed by atoms with Gasteiger partial charge in [0, 0.05) is 20.1 Å². The van der Waals surface area contributed by atoms with Crippen molar-refractivity contribution in [2.24, 2.45) is 17.1 Å². The van der Waals surface area contributed by atoms with Crippen LogP contribution in [0.5, 0.6) is 0 Å². The second-order valence-electron chi connectivity index (χ2n) is 8.44. The first-order valence-corrected chi connectivity index (χ1v) is 9.95. The van der Waals surface area contributed by atoms with E-state index in [-0.39, 0.29) is 36.8 Å². The first-order chi connectivity index (χ1) is 14.0. The first kappa shape index (κ1) is 22.0. The summed E-state index contributed by atoms with van der Waals surface area (Å²) in [4.78, 5) is 25.9. The molecule has 1 spiro atoms. The lowest BCUT2D eigenvalue weighted by Crippen LogP contribution is -2.36. The van der Waals surface area contributed by atoms with E-state index in [1.807, 2.05) is 0 Å². The van der Waals surface area contributed by atoms with Crippen molar-refractivity contribution in [2.45, 2.75) is 44.3 Å². The average molecular weight is 427 g/mol. The molecule has 0 bridgehead atoms. The Balaban J connectivity index is 1.73. The fourth-order valence-corrected chi connectivity index (χ4v) is 4.50. The van der Waals surface area contributed by atoms with Gasteiger partial charge in [0.15, 0.2) is 0 Å². The Morgan fingerprint density at radius 3 is 2.43 bits per heavy atom. The third-order valence-corrected chi connectivity index (χ3v) is 6.43. The number of nitrogen functional groups attached to an aromatic ring is 1. The molecule has 2 aliphatic rings. The zero-order valence-corrected chi connectivity index (χ0v) is 17.1. The molecule has 2 fully saturated rings. The van der Waals surface area contributed by atoms with Crippen LogP contribution in [0, 0.1) is 11.3 Å². The van der Waals surface area contributed by atoms with Gasteiger partial charge >= 0.3 is 6.18 Å². The summed E-state index contributed by atoms with van der Waals surface area (Å²) in [5.41, 5.74) is 12.8. The Bertz CT molecular complexity index is 834. The van der Waals surface area contributed by atoms with E-state index in [1.165, 1.54) is 6.07 Å². The van der Waals surface area contributed by atoms with E-state index in [0.717, 1.165) is 0 Å². The first-order valence-electron chi connectivity index (χ1n) is 9.95. The van der Waals surface area contributed by atoms with Gasteiger partial charge in [-0.25, -0.2) is 0 Å². The van der Waals surface area contributed by atoms with Gasteiger partial charge < -0.3 is 27.0 Å². The Morgan fingerprint density at radius 1 is 1.27 bits per heavy atom. The molecule has 0 radical (unpaired) electrons. The van der Waals surface area contributed by atoms with Crippen LogP contribution in [0.3, 0.4) is 0 Å². The highest BCUT2D eigenvalue weighted by atomic mass is 19.4. The van der Waals surface area contributed by atoms with Gasteiger partial charge in [0.1, 0.15) is 0 Å². The number of amides is 2. The number of halogens is 3. The summed E-state index contributed by atoms with van der Waals surface area (Å²) < 4.78 is 38.8. The Hall–Kier alpha value is -2.65. The van der Waals surface area contributed by atoms with Crippen LogP contribution in [0.25, 0.3) is 0 Å². The number of anilines is 3. The lowest BCUT2D eigenvalue weighted by atomic mass is 9.79. The Kier molecular flexibility index (Phi) is 5.79. The lowest BCUT2D eigenvalue weighted by molar-refractivity contribution is -0.184. The average Bonchev–Trinajstić information content (AvgIpc) is 3.30. The molecule has 3 rings (SSSR count). The number of likely N-dealkylation sites (N-methyl/N-ethyl adjacent to an activating group) is 1. The lowest BCUT2D eigenvalue weighted by Gasteiger charge is -2.30. The highest BCUT2D eigenvalue weighted by Crippen LogP contribution is 2.59. The molecule has 30 heavy (non-hydrogen) atoms. The summed E-state index contributed by atoms with van der Waals surface area (Å²) in [6.07, 6.45) is -2.35. The van der Waals surface area contributed by atoms with Crippen molar-refractivity contribution >= 4 is 28.9 Å². The van der Waals surface area contributed by atoms with Gasteiger partial charge in [0.2, 0.25) is 5.91 Å². The Morgan fingerprint density at radius 2 is 1.90 bits per heavy atom. The fraction of sp³-hybridized carbons (Fsp3) is 0.600. The predicted octanol–water partition coefficient (Wildman–Crippen LogP) is 2.47. The van der Waals surface area contributed by atoms with Crippen LogP contribution in [0.4, 0.5) is 30.2 Å². The second kappa shape index (κ2) is 7.88. The maximum atomic E-state index is 13.0. The van der Waals surface area contributed by atoms with Crippen molar-refractivity contribution in [3.05, 3.63) is 17.7 Å². The summed E-state index contributed by atoms with van der Waals surface area (Å²) >= 11 is 0. The number of nitrogens with two attached hydrogens (primary N) is 2. The minimum absolute atomic E-state index is 0.0838. The topological polar surface area (TPSA) is 113 Å². The van der Waals surface area contributed by atoms with E-state index in [1.54, 1.807) is 25.1 Å². The minimum Gasteiger partial charge on any atom is -0.397 e. The number of carbonyl (C=O) groups is 2. The number of carbonyl (C=O) groups excluding carboxylic acids is 2. The number of rotatable bonds is 6. The molecule has 2 aliphatic carbocycles. The molecule has 10 heteroatoms. The van der Waals surface area contributed by atoms with Crippen LogP contribution in [0.15, 0.2) is 12.1 Å². The molecule has 2 amide bonds. The molecule has 1 aromatic rings. The monoisotopic (exact) mass is 427 g/mol. The standard InChI is InChI=1S/C20H28F3N5O2/c1-26-14-8-15(28(2)10-17(25)29)12(7-13(14)24)18(30)27-16-9-19(16)5-3-11(4-6-19)20(21,22)23/h7-8,11,16,26H,3-6,9-10,24H2,1-2H3,(H2,25,29)(H,27,30)/t11?,16-,19?/m1/s1. The van der Waals surface area contributed by atoms with Gasteiger partial charge in [-0.15, -0.1) is 0 Å². The van der Waals surface area contributed by atoms with Crippen LogP contribution in [0.2, 0.25) is 0 Å². The maximum Gasteiger partial charge on any atom is 0.391 e. The van der Waals surface area contributed by atoms with Crippen molar-refractivity contribution in [3.63, 3.8) is 0 Å². The summed E-state index contributed by atoms with van der Waals surface area (Å²) in [6, 6.07) is 3.05. The number of nitrogens with one attached hydrogen (secondary N) is 2. The molecule has 7 nitrogen and oxygen atoms in total. The molecule has 0 aliphatic heterocycles. The normalized spacial score (nSPS) is 25.6. The van der Waals surface area contributed by atoms with Crippen molar-refractivity contribution in [1.82, 2.24) is 5.32 Å². The smallest absolute Gasteiger partial charge is 0.391 e. The number of alkyl halides is 3. The molecule has 0 unspecified atom stereocenters. The molecule has 166 valence electrons. The van der Waals surface area contributed by atoms with Gasteiger partial charge in [0.05, 0.1) is 35.1 Å². The molecule has 6 N–H and O–H groups in total. The molecule has 1 aromatic carbocycles. The molecular weight excluding hydrogens is 399 g/mol. The van der Waals surface area contributed by atoms with E-state index in [0.29, 0.717) is 41.9 Å². The largest absolute Gasteiger partial charge is 0.397 e. The summed E-state index contributed by atoms with van der Waals surface area (Å²) in [6.45, 7) is -0.0838. The van der Waals surface area contributed by atoms with Crippen molar-refractivity contribution < 1.29 is 22.8 Å². The molecule has 0 heterocycles. The molecule has 1 atom stereocenters. The van der Waals surface area contributed by atoms with E-state index in [9.17, 15) is 22.8 Å². The summed E-state index contributed by atoms with van der Waals surface area (Å²) in [7, 11) is 3.33. The van der Waals surface area contributed by atoms with Crippen molar-refractivity contribution in [1.29, 1.82) is 0 Å². The van der Waals surface area contributed by atoms with E-state index in [2.05, 4.69) is 10.6 Å². The zero-order chi connectivity index (χ0) is 22.3. The number of primary amides is 1. The third kappa shape index (κ3) is 4.41. The number of nitrogens with zero attached hydrogens (tertiary/aromatic N) is 1. The van der Waals surface area contributed by atoms with Crippen molar-refractivity contribution in [2.75, 3.05) is 36.6 Å². The second-order valence-corrected chi connectivity index (χ2v) is 8.44. The number of benzene rings is 1. The van der Waals surface area contributed by atoms with Crippen LogP contribution in [0.1, 0.15) is 42.5 Å². The van der Waals surface area contributed by atoms with Gasteiger partial charge in [-0.05, 0) is 49.7 Å². The van der Waals surface area contributed by atoms with Crippen LogP contribution >= 0.6 is 0 Å². The number of hydrogen-bond donors (Lipinski definition) is 4. The molecular formula is C20H28F3N5O2. The van der Waals surface area contributed by atoms with Gasteiger partial charge in [-0.3, -0.25) is 9.59 Å². The van der Waals surface area contributed by atoms with Gasteiger partial charge in [-0.1, -0.05) is 0 Å². The quantitative estimate of drug-likeness (QED) is 0.521. The molecule has 0 saturated heterocycles. The molecule has 2 saturated carbocycles. The fourth-order valence-electron chi connectivity index (χ4n) is 4.50. The van der Waals surface area contributed by atoms with Gasteiger partial charge in [-0.2, -0.15) is 13.2 Å². The number of hydrogen-bond acceptors (Lipinski definition) is 5.